The van der Waals surface area contributed by atoms with Gasteiger partial charge in [-0.05, 0) is 51.5 Å². The molecule has 0 aromatic carbocycles. The first-order valence-electron chi connectivity index (χ1n) is 6.76. The van der Waals surface area contributed by atoms with Crippen LogP contribution < -0.4 is 5.32 Å². The van der Waals surface area contributed by atoms with Crippen LogP contribution in [0.15, 0.2) is 12.7 Å². The van der Waals surface area contributed by atoms with Crippen molar-refractivity contribution < 1.29 is 4.74 Å². The molecule has 1 rings (SSSR count). The molecule has 0 amide bonds. The second-order valence-electron chi connectivity index (χ2n) is 4.83. The fourth-order valence-electron chi connectivity index (χ4n) is 2.30. The summed E-state index contributed by atoms with van der Waals surface area (Å²) in [6, 6.07) is 0.656. The molecule has 0 saturated carbocycles. The summed E-state index contributed by atoms with van der Waals surface area (Å²) >= 11 is 0. The first-order chi connectivity index (χ1) is 7.84. The number of hydrogen-bond donors (Lipinski definition) is 1. The van der Waals surface area contributed by atoms with Crippen LogP contribution in [-0.2, 0) is 4.74 Å². The highest BCUT2D eigenvalue weighted by Crippen LogP contribution is 2.18. The van der Waals surface area contributed by atoms with Crippen LogP contribution in [0, 0.1) is 5.92 Å². The molecule has 1 unspecified atom stereocenters. The zero-order valence-electron chi connectivity index (χ0n) is 10.7. The number of hydrogen-bond acceptors (Lipinski definition) is 2. The van der Waals surface area contributed by atoms with Gasteiger partial charge in [0, 0.05) is 19.3 Å². The summed E-state index contributed by atoms with van der Waals surface area (Å²) in [7, 11) is 0. The highest BCUT2D eigenvalue weighted by atomic mass is 16.5. The van der Waals surface area contributed by atoms with E-state index in [2.05, 4.69) is 18.8 Å². The second kappa shape index (κ2) is 8.77. The van der Waals surface area contributed by atoms with E-state index in [1.165, 1.54) is 32.1 Å². The molecule has 2 heteroatoms. The lowest BCUT2D eigenvalue weighted by molar-refractivity contribution is 0.0560. The molecule has 0 aromatic heterocycles. The topological polar surface area (TPSA) is 21.3 Å². The lowest BCUT2D eigenvalue weighted by atomic mass is 9.93. The predicted octanol–water partition coefficient (Wildman–Crippen LogP) is 3.14. The van der Waals surface area contributed by atoms with Crippen LogP contribution in [-0.4, -0.2) is 25.8 Å². The van der Waals surface area contributed by atoms with Gasteiger partial charge in [-0.25, -0.2) is 0 Å². The van der Waals surface area contributed by atoms with E-state index in [-0.39, 0.29) is 0 Å². The molecule has 1 heterocycles. The smallest absolute Gasteiger partial charge is 0.0469 e. The molecule has 1 aliphatic rings. The van der Waals surface area contributed by atoms with Crippen LogP contribution in [0.3, 0.4) is 0 Å². The largest absolute Gasteiger partial charge is 0.381 e. The van der Waals surface area contributed by atoms with Crippen molar-refractivity contribution in [1.82, 2.24) is 5.32 Å². The zero-order chi connectivity index (χ0) is 11.6. The Kier molecular flexibility index (Phi) is 7.52. The van der Waals surface area contributed by atoms with Gasteiger partial charge in [0.1, 0.15) is 0 Å². The molecule has 1 fully saturated rings. The molecular weight excluding hydrogens is 198 g/mol. The van der Waals surface area contributed by atoms with E-state index >= 15 is 0 Å². The molecule has 1 aliphatic heterocycles. The molecule has 0 spiro atoms. The third-order valence-electron chi connectivity index (χ3n) is 3.52. The average molecular weight is 225 g/mol. The van der Waals surface area contributed by atoms with Gasteiger partial charge in [0.05, 0.1) is 0 Å². The molecular formula is C14H27NO. The zero-order valence-corrected chi connectivity index (χ0v) is 10.7. The Labute approximate surface area is 100 Å². The highest BCUT2D eigenvalue weighted by molar-refractivity contribution is 4.74. The van der Waals surface area contributed by atoms with Gasteiger partial charge in [0.25, 0.3) is 0 Å². The minimum atomic E-state index is 0.656. The molecule has 0 radical (unpaired) electrons. The van der Waals surface area contributed by atoms with E-state index in [0.29, 0.717) is 6.04 Å². The van der Waals surface area contributed by atoms with E-state index in [9.17, 15) is 0 Å². The van der Waals surface area contributed by atoms with Gasteiger partial charge >= 0.3 is 0 Å². The SMILES string of the molecule is C=CCCCCCNC(C)C1CCOCC1. The van der Waals surface area contributed by atoms with E-state index in [4.69, 9.17) is 4.74 Å². The molecule has 1 atom stereocenters. The molecule has 16 heavy (non-hydrogen) atoms. The van der Waals surface area contributed by atoms with Gasteiger partial charge in [0.15, 0.2) is 0 Å². The molecule has 0 aromatic rings. The summed E-state index contributed by atoms with van der Waals surface area (Å²) in [4.78, 5) is 0. The van der Waals surface area contributed by atoms with Gasteiger partial charge < -0.3 is 10.1 Å². The van der Waals surface area contributed by atoms with Crippen LogP contribution in [0.1, 0.15) is 45.4 Å². The second-order valence-corrected chi connectivity index (χ2v) is 4.83. The fraction of sp³-hybridized carbons (Fsp3) is 0.857. The first-order valence-corrected chi connectivity index (χ1v) is 6.76. The van der Waals surface area contributed by atoms with Crippen LogP contribution in [0.4, 0.5) is 0 Å². The summed E-state index contributed by atoms with van der Waals surface area (Å²) in [5.74, 6) is 0.821. The number of unbranched alkanes of at least 4 members (excludes halogenated alkanes) is 3. The van der Waals surface area contributed by atoms with E-state index < -0.39 is 0 Å². The minimum absolute atomic E-state index is 0.656. The summed E-state index contributed by atoms with van der Waals surface area (Å²) in [6.45, 7) is 9.13. The number of nitrogens with one attached hydrogen (secondary N) is 1. The third kappa shape index (κ3) is 5.66. The van der Waals surface area contributed by atoms with Gasteiger partial charge in [-0.3, -0.25) is 0 Å². The maximum atomic E-state index is 5.38. The average Bonchev–Trinajstić information content (AvgIpc) is 2.34. The summed E-state index contributed by atoms with van der Waals surface area (Å²) in [5, 5.41) is 3.65. The Balaban J connectivity index is 1.96. The maximum Gasteiger partial charge on any atom is 0.0469 e. The Morgan fingerprint density at radius 2 is 2.06 bits per heavy atom. The minimum Gasteiger partial charge on any atom is -0.381 e. The molecule has 0 bridgehead atoms. The van der Waals surface area contributed by atoms with Crippen molar-refractivity contribution in [3.05, 3.63) is 12.7 Å². The molecule has 1 saturated heterocycles. The van der Waals surface area contributed by atoms with Gasteiger partial charge in [-0.2, -0.15) is 0 Å². The molecule has 2 nitrogen and oxygen atoms in total. The lowest BCUT2D eigenvalue weighted by Crippen LogP contribution is -2.37. The molecule has 1 N–H and O–H groups in total. The van der Waals surface area contributed by atoms with E-state index in [1.54, 1.807) is 0 Å². The summed E-state index contributed by atoms with van der Waals surface area (Å²) in [5.41, 5.74) is 0. The van der Waals surface area contributed by atoms with E-state index in [1.807, 2.05) is 6.08 Å². The highest BCUT2D eigenvalue weighted by Gasteiger charge is 2.19. The van der Waals surface area contributed by atoms with Gasteiger partial charge in [-0.1, -0.05) is 12.5 Å². The monoisotopic (exact) mass is 225 g/mol. The quantitative estimate of drug-likeness (QED) is 0.506. The van der Waals surface area contributed by atoms with Crippen molar-refractivity contribution in [2.24, 2.45) is 5.92 Å². The Morgan fingerprint density at radius 1 is 1.31 bits per heavy atom. The lowest BCUT2D eigenvalue weighted by Gasteiger charge is -2.28. The van der Waals surface area contributed by atoms with Crippen molar-refractivity contribution in [1.29, 1.82) is 0 Å². The first kappa shape index (κ1) is 13.7. The van der Waals surface area contributed by atoms with E-state index in [0.717, 1.165) is 32.1 Å². The Morgan fingerprint density at radius 3 is 2.75 bits per heavy atom. The van der Waals surface area contributed by atoms with Gasteiger partial charge in [0.2, 0.25) is 0 Å². The molecule has 0 aliphatic carbocycles. The van der Waals surface area contributed by atoms with Crippen LogP contribution >= 0.6 is 0 Å². The standard InChI is InChI=1S/C14H27NO/c1-3-4-5-6-7-10-15-13(2)14-8-11-16-12-9-14/h3,13-15H,1,4-12H2,2H3. The van der Waals surface area contributed by atoms with Crippen molar-refractivity contribution >= 4 is 0 Å². The maximum absolute atomic E-state index is 5.38. The predicted molar refractivity (Wildman–Crippen MR) is 69.7 cm³/mol. The van der Waals surface area contributed by atoms with Crippen molar-refractivity contribution in [3.8, 4) is 0 Å². The van der Waals surface area contributed by atoms with Crippen LogP contribution in [0.2, 0.25) is 0 Å². The third-order valence-corrected chi connectivity index (χ3v) is 3.52. The summed E-state index contributed by atoms with van der Waals surface area (Å²) in [6.07, 6.45) is 9.53. The normalized spacial score (nSPS) is 19.6. The Hall–Kier alpha value is -0.340. The number of ether oxygens (including phenoxy) is 1. The molecule has 94 valence electrons. The summed E-state index contributed by atoms with van der Waals surface area (Å²) < 4.78 is 5.38. The van der Waals surface area contributed by atoms with Crippen LogP contribution in [0.25, 0.3) is 0 Å². The number of allylic oxidation sites excluding steroid dienone is 1. The van der Waals surface area contributed by atoms with Crippen molar-refractivity contribution in [2.45, 2.75) is 51.5 Å². The Bertz CT molecular complexity index is 176. The van der Waals surface area contributed by atoms with Crippen molar-refractivity contribution in [2.75, 3.05) is 19.8 Å². The van der Waals surface area contributed by atoms with Gasteiger partial charge in [-0.15, -0.1) is 6.58 Å². The van der Waals surface area contributed by atoms with Crippen molar-refractivity contribution in [3.63, 3.8) is 0 Å². The number of rotatable bonds is 8. The fourth-order valence-corrected chi connectivity index (χ4v) is 2.30. The van der Waals surface area contributed by atoms with Crippen LogP contribution in [0.5, 0.6) is 0 Å².